The molecule has 1 aliphatic carbocycles. The van der Waals surface area contributed by atoms with E-state index in [9.17, 15) is 4.79 Å². The molecule has 36 heavy (non-hydrogen) atoms. The number of carbonyl (C=O) groups excluding carboxylic acids is 1. The molecule has 188 valence electrons. The molecule has 6 heteroatoms. The second-order valence-electron chi connectivity index (χ2n) is 11.2. The third-order valence-corrected chi connectivity index (χ3v) is 9.27. The number of nitrogens with one attached hydrogen (secondary N) is 1. The van der Waals surface area contributed by atoms with Crippen LogP contribution in [-0.4, -0.2) is 51.6 Å². The molecule has 2 atom stereocenters. The maximum Gasteiger partial charge on any atom is 0.317 e. The van der Waals surface area contributed by atoms with Gasteiger partial charge in [-0.25, -0.2) is 0 Å². The van der Waals surface area contributed by atoms with Gasteiger partial charge in [-0.15, -0.1) is 0 Å². The zero-order valence-corrected chi connectivity index (χ0v) is 21.0. The third kappa shape index (κ3) is 4.15. The Kier molecular flexibility index (Phi) is 6.38. The summed E-state index contributed by atoms with van der Waals surface area (Å²) >= 11 is 0. The van der Waals surface area contributed by atoms with Gasteiger partial charge in [0.25, 0.3) is 0 Å². The van der Waals surface area contributed by atoms with Gasteiger partial charge in [0, 0.05) is 24.3 Å². The van der Waals surface area contributed by atoms with Gasteiger partial charge in [-0.3, -0.25) is 4.79 Å². The van der Waals surface area contributed by atoms with Gasteiger partial charge in [0.2, 0.25) is 0 Å². The van der Waals surface area contributed by atoms with Crippen molar-refractivity contribution in [3.05, 3.63) is 83.7 Å². The SMILES string of the molecule is O=C(OC1C[N+]2(C(c3ccccc3)c3cn[nH]n3)CCC1CC2)C1(c2ccccc2)CCCCCC1. The molecule has 0 radical (unpaired) electrons. The summed E-state index contributed by atoms with van der Waals surface area (Å²) in [6, 6.07) is 21.2. The number of aromatic nitrogens is 3. The van der Waals surface area contributed by atoms with Crippen LogP contribution in [0.15, 0.2) is 66.9 Å². The zero-order valence-electron chi connectivity index (χ0n) is 21.0. The van der Waals surface area contributed by atoms with E-state index >= 15 is 0 Å². The number of ether oxygens (including phenoxy) is 1. The average molecular weight is 486 g/mol. The molecule has 1 saturated carbocycles. The Bertz CT molecular complexity index is 1130. The fraction of sp³-hybridized carbons (Fsp3) is 0.500. The molecular weight excluding hydrogens is 448 g/mol. The number of H-pyrrole nitrogens is 1. The lowest BCUT2D eigenvalue weighted by atomic mass is 9.74. The Morgan fingerprint density at radius 2 is 1.61 bits per heavy atom. The fourth-order valence-electron chi connectivity index (χ4n) is 7.36. The van der Waals surface area contributed by atoms with Crippen LogP contribution in [0.25, 0.3) is 0 Å². The van der Waals surface area contributed by atoms with Crippen LogP contribution < -0.4 is 0 Å². The van der Waals surface area contributed by atoms with Crippen molar-refractivity contribution < 1.29 is 14.0 Å². The summed E-state index contributed by atoms with van der Waals surface area (Å²) in [6.07, 6.45) is 10.3. The van der Waals surface area contributed by atoms with Crippen LogP contribution in [0.1, 0.15) is 74.2 Å². The lowest BCUT2D eigenvalue weighted by Crippen LogP contribution is -2.66. The van der Waals surface area contributed by atoms with E-state index in [0.717, 1.165) is 73.9 Å². The van der Waals surface area contributed by atoms with Crippen molar-refractivity contribution in [2.45, 2.75) is 68.9 Å². The van der Waals surface area contributed by atoms with Crippen molar-refractivity contribution in [3.8, 4) is 0 Å². The molecule has 4 aliphatic rings. The van der Waals surface area contributed by atoms with Gasteiger partial charge in [-0.1, -0.05) is 86.3 Å². The smallest absolute Gasteiger partial charge is 0.317 e. The average Bonchev–Trinajstić information content (AvgIpc) is 3.33. The molecular formula is C30H37N4O2+. The number of fused-ring (bicyclic) bond motifs is 3. The van der Waals surface area contributed by atoms with Crippen molar-refractivity contribution in [1.82, 2.24) is 15.4 Å². The molecule has 3 saturated heterocycles. The molecule has 7 rings (SSSR count). The van der Waals surface area contributed by atoms with Crippen molar-refractivity contribution in [3.63, 3.8) is 0 Å². The molecule has 4 heterocycles. The number of piperidine rings is 3. The van der Waals surface area contributed by atoms with E-state index in [0.29, 0.717) is 5.92 Å². The first kappa shape index (κ1) is 23.4. The highest BCUT2D eigenvalue weighted by molar-refractivity contribution is 5.83. The second kappa shape index (κ2) is 9.81. The van der Waals surface area contributed by atoms with Crippen LogP contribution in [0, 0.1) is 5.92 Å². The van der Waals surface area contributed by atoms with E-state index in [1.165, 1.54) is 18.4 Å². The molecule has 3 aromatic rings. The number of rotatable bonds is 6. The highest BCUT2D eigenvalue weighted by Gasteiger charge is 2.54. The van der Waals surface area contributed by atoms with E-state index in [-0.39, 0.29) is 18.1 Å². The van der Waals surface area contributed by atoms with Gasteiger partial charge in [0.05, 0.1) is 24.7 Å². The molecule has 3 aliphatic heterocycles. The van der Waals surface area contributed by atoms with E-state index in [2.05, 4.69) is 70.0 Å². The van der Waals surface area contributed by atoms with Gasteiger partial charge < -0.3 is 9.22 Å². The summed E-state index contributed by atoms with van der Waals surface area (Å²) in [5.41, 5.74) is 2.84. The van der Waals surface area contributed by atoms with Crippen LogP contribution in [0.4, 0.5) is 0 Å². The number of esters is 1. The van der Waals surface area contributed by atoms with Crippen molar-refractivity contribution in [1.29, 1.82) is 0 Å². The summed E-state index contributed by atoms with van der Waals surface area (Å²) < 4.78 is 7.49. The first-order valence-corrected chi connectivity index (χ1v) is 13.7. The largest absolute Gasteiger partial charge is 0.455 e. The Morgan fingerprint density at radius 3 is 2.25 bits per heavy atom. The van der Waals surface area contributed by atoms with E-state index in [4.69, 9.17) is 4.74 Å². The maximum atomic E-state index is 14.1. The van der Waals surface area contributed by atoms with Gasteiger partial charge >= 0.3 is 5.97 Å². The quantitative estimate of drug-likeness (QED) is 0.291. The summed E-state index contributed by atoms with van der Waals surface area (Å²) in [6.45, 7) is 3.00. The number of carbonyl (C=O) groups is 1. The minimum absolute atomic E-state index is 0.00481. The van der Waals surface area contributed by atoms with Gasteiger partial charge in [0.1, 0.15) is 12.2 Å². The standard InChI is InChI=1S/C30H37N4O2/c35-29(30(17-9-1-2-10-18-30)25-13-7-4-8-14-25)36-27-22-34(19-15-23(27)16-20-34)28(26-21-31-33-32-26)24-11-5-3-6-12-24/h3-8,11-14,21,23,27-28H,1-2,9-10,15-20,22H2,(H,31,32,33)/q+1. The van der Waals surface area contributed by atoms with E-state index in [1.54, 1.807) is 0 Å². The summed E-state index contributed by atoms with van der Waals surface area (Å²) in [4.78, 5) is 14.1. The fourth-order valence-corrected chi connectivity index (χ4v) is 7.36. The van der Waals surface area contributed by atoms with Crippen LogP contribution in [0.5, 0.6) is 0 Å². The molecule has 2 aromatic carbocycles. The molecule has 6 nitrogen and oxygen atoms in total. The number of benzene rings is 2. The number of hydrogen-bond acceptors (Lipinski definition) is 4. The zero-order chi connectivity index (χ0) is 24.4. The summed E-state index contributed by atoms with van der Waals surface area (Å²) in [5.74, 6) is 0.450. The number of aromatic amines is 1. The number of nitrogens with zero attached hydrogens (tertiary/aromatic N) is 3. The lowest BCUT2D eigenvalue weighted by Gasteiger charge is -2.55. The summed E-state index contributed by atoms with van der Waals surface area (Å²) in [5, 5.41) is 11.5. The first-order chi connectivity index (χ1) is 17.7. The summed E-state index contributed by atoms with van der Waals surface area (Å²) in [7, 11) is 0. The van der Waals surface area contributed by atoms with E-state index < -0.39 is 5.41 Å². The number of quaternary nitrogens is 1. The lowest BCUT2D eigenvalue weighted by molar-refractivity contribution is -0.968. The molecule has 0 amide bonds. The number of hydrogen-bond donors (Lipinski definition) is 1. The molecule has 2 unspecified atom stereocenters. The Morgan fingerprint density at radius 1 is 0.944 bits per heavy atom. The van der Waals surface area contributed by atoms with Crippen LogP contribution in [0.3, 0.4) is 0 Å². The Hall–Kier alpha value is -2.99. The van der Waals surface area contributed by atoms with Crippen LogP contribution in [0.2, 0.25) is 0 Å². The molecule has 1 N–H and O–H groups in total. The Balaban J connectivity index is 1.30. The van der Waals surface area contributed by atoms with Crippen molar-refractivity contribution in [2.24, 2.45) is 5.92 Å². The van der Waals surface area contributed by atoms with Crippen LogP contribution in [-0.2, 0) is 14.9 Å². The predicted octanol–water partition coefficient (Wildman–Crippen LogP) is 5.34. The minimum Gasteiger partial charge on any atom is -0.455 e. The third-order valence-electron chi connectivity index (χ3n) is 9.27. The normalized spacial score (nSPS) is 28.2. The van der Waals surface area contributed by atoms with Gasteiger partial charge in [-0.2, -0.15) is 15.4 Å². The highest BCUT2D eigenvalue weighted by Crippen LogP contribution is 2.46. The van der Waals surface area contributed by atoms with Gasteiger partial charge in [-0.05, 0) is 18.4 Å². The minimum atomic E-state index is -0.514. The monoisotopic (exact) mass is 485 g/mol. The second-order valence-corrected chi connectivity index (χ2v) is 11.2. The van der Waals surface area contributed by atoms with E-state index in [1.807, 2.05) is 12.3 Å². The topological polar surface area (TPSA) is 67.9 Å². The Labute approximate surface area is 213 Å². The van der Waals surface area contributed by atoms with Crippen molar-refractivity contribution in [2.75, 3.05) is 19.6 Å². The van der Waals surface area contributed by atoms with Crippen LogP contribution >= 0.6 is 0 Å². The molecule has 4 fully saturated rings. The van der Waals surface area contributed by atoms with Gasteiger partial charge in [0.15, 0.2) is 12.1 Å². The van der Waals surface area contributed by atoms with Crippen molar-refractivity contribution >= 4 is 5.97 Å². The predicted molar refractivity (Wildman–Crippen MR) is 138 cm³/mol. The first-order valence-electron chi connectivity index (χ1n) is 13.7. The molecule has 0 spiro atoms. The maximum absolute atomic E-state index is 14.1. The highest BCUT2D eigenvalue weighted by atomic mass is 16.5. The molecule has 2 bridgehead atoms. The molecule has 1 aromatic heterocycles.